The lowest BCUT2D eigenvalue weighted by Gasteiger charge is -2.27. The minimum absolute atomic E-state index is 0.150. The molecular formula is C19H21N3O3S2. The van der Waals surface area contributed by atoms with Gasteiger partial charge in [0.1, 0.15) is 0 Å². The maximum absolute atomic E-state index is 12.9. The second-order valence-electron chi connectivity index (χ2n) is 6.62. The topological polar surface area (TPSA) is 78.5 Å². The zero-order valence-electron chi connectivity index (χ0n) is 14.7. The Morgan fingerprint density at radius 1 is 1.04 bits per heavy atom. The molecule has 0 radical (unpaired) electrons. The van der Waals surface area contributed by atoms with Crippen molar-refractivity contribution in [3.8, 4) is 0 Å². The van der Waals surface area contributed by atoms with E-state index in [1.165, 1.54) is 11.8 Å². The first kappa shape index (κ1) is 18.3. The Labute approximate surface area is 163 Å². The number of sulfonamides is 1. The van der Waals surface area contributed by atoms with Crippen LogP contribution in [0.3, 0.4) is 0 Å². The Hall–Kier alpha value is -2.03. The van der Waals surface area contributed by atoms with Gasteiger partial charge in [0.15, 0.2) is 5.37 Å². The third-order valence-corrected chi connectivity index (χ3v) is 7.78. The van der Waals surface area contributed by atoms with E-state index in [9.17, 15) is 13.2 Å². The molecule has 8 heteroatoms. The number of benzene rings is 2. The average Bonchev–Trinajstić information content (AvgIpc) is 2.69. The van der Waals surface area contributed by atoms with Crippen molar-refractivity contribution in [2.75, 3.05) is 23.7 Å². The van der Waals surface area contributed by atoms with Crippen LogP contribution in [0.2, 0.25) is 0 Å². The maximum Gasteiger partial charge on any atom is 0.257 e. The van der Waals surface area contributed by atoms with Crippen LogP contribution in [0.15, 0.2) is 58.3 Å². The Balaban J connectivity index is 1.54. The minimum Gasteiger partial charge on any atom is -0.365 e. The summed E-state index contributed by atoms with van der Waals surface area (Å²) in [4.78, 5) is 13.6. The van der Waals surface area contributed by atoms with E-state index < -0.39 is 15.4 Å². The number of thioether (sulfide) groups is 1. The quantitative estimate of drug-likeness (QED) is 0.819. The highest BCUT2D eigenvalue weighted by Crippen LogP contribution is 2.36. The molecule has 1 fully saturated rings. The van der Waals surface area contributed by atoms with E-state index >= 15 is 0 Å². The first-order chi connectivity index (χ1) is 13.0. The number of hydrogen-bond donors (Lipinski definition) is 2. The molecule has 2 aliphatic rings. The molecule has 0 saturated carbocycles. The molecule has 2 aromatic rings. The number of anilines is 2. The van der Waals surface area contributed by atoms with E-state index in [-0.39, 0.29) is 10.8 Å². The Kier molecular flexibility index (Phi) is 5.12. The van der Waals surface area contributed by atoms with Crippen LogP contribution in [0.4, 0.5) is 11.4 Å². The van der Waals surface area contributed by atoms with Crippen LogP contribution in [0.25, 0.3) is 0 Å². The van der Waals surface area contributed by atoms with Crippen LogP contribution >= 0.6 is 11.8 Å². The Morgan fingerprint density at radius 3 is 2.63 bits per heavy atom. The van der Waals surface area contributed by atoms with Crippen LogP contribution < -0.4 is 10.6 Å². The molecule has 2 aromatic carbocycles. The first-order valence-corrected chi connectivity index (χ1v) is 11.3. The molecule has 1 atom stereocenters. The SMILES string of the molecule is O=C1Nc2ccccc2SC1Nc1cccc(S(=O)(=O)N2CCCCC2)c1. The van der Waals surface area contributed by atoms with E-state index in [0.717, 1.165) is 29.8 Å². The zero-order chi connectivity index (χ0) is 18.9. The number of amides is 1. The Bertz CT molecular complexity index is 956. The lowest BCUT2D eigenvalue weighted by Crippen LogP contribution is -2.36. The normalized spacial score (nSPS) is 20.6. The van der Waals surface area contributed by atoms with Crippen molar-refractivity contribution in [1.82, 2.24) is 4.31 Å². The molecule has 1 saturated heterocycles. The predicted octanol–water partition coefficient (Wildman–Crippen LogP) is 3.34. The van der Waals surface area contributed by atoms with Crippen molar-refractivity contribution in [2.24, 2.45) is 0 Å². The van der Waals surface area contributed by atoms with Gasteiger partial charge in [0.2, 0.25) is 10.0 Å². The molecule has 2 heterocycles. The van der Waals surface area contributed by atoms with Gasteiger partial charge in [0.05, 0.1) is 10.6 Å². The molecule has 1 amide bonds. The second-order valence-corrected chi connectivity index (χ2v) is 9.71. The fraction of sp³-hybridized carbons (Fsp3) is 0.316. The lowest BCUT2D eigenvalue weighted by molar-refractivity contribution is -0.115. The van der Waals surface area contributed by atoms with E-state index in [1.807, 2.05) is 24.3 Å². The third kappa shape index (κ3) is 3.83. The Morgan fingerprint density at radius 2 is 1.81 bits per heavy atom. The van der Waals surface area contributed by atoms with Crippen molar-refractivity contribution in [2.45, 2.75) is 34.4 Å². The number of nitrogens with zero attached hydrogens (tertiary/aromatic N) is 1. The highest BCUT2D eigenvalue weighted by molar-refractivity contribution is 8.01. The van der Waals surface area contributed by atoms with Crippen LogP contribution in [-0.2, 0) is 14.8 Å². The molecular weight excluding hydrogens is 382 g/mol. The van der Waals surface area contributed by atoms with Gasteiger partial charge in [0.25, 0.3) is 5.91 Å². The predicted molar refractivity (Wildman–Crippen MR) is 107 cm³/mol. The van der Waals surface area contributed by atoms with Crippen molar-refractivity contribution in [3.05, 3.63) is 48.5 Å². The van der Waals surface area contributed by atoms with Crippen LogP contribution in [0.1, 0.15) is 19.3 Å². The molecule has 142 valence electrons. The molecule has 1 unspecified atom stereocenters. The van der Waals surface area contributed by atoms with Gasteiger partial charge in [-0.25, -0.2) is 8.42 Å². The molecule has 6 nitrogen and oxygen atoms in total. The zero-order valence-corrected chi connectivity index (χ0v) is 16.4. The highest BCUT2D eigenvalue weighted by atomic mass is 32.2. The molecule has 0 aromatic heterocycles. The van der Waals surface area contributed by atoms with Crippen LogP contribution in [0.5, 0.6) is 0 Å². The molecule has 27 heavy (non-hydrogen) atoms. The van der Waals surface area contributed by atoms with Crippen LogP contribution in [0, 0.1) is 0 Å². The van der Waals surface area contributed by atoms with E-state index in [4.69, 9.17) is 0 Å². The number of hydrogen-bond acceptors (Lipinski definition) is 5. The summed E-state index contributed by atoms with van der Waals surface area (Å²) in [7, 11) is -3.50. The van der Waals surface area contributed by atoms with Gasteiger partial charge in [0, 0.05) is 23.7 Å². The molecule has 4 rings (SSSR count). The molecule has 0 aliphatic carbocycles. The van der Waals surface area contributed by atoms with Gasteiger partial charge in [-0.3, -0.25) is 4.79 Å². The number of nitrogens with one attached hydrogen (secondary N) is 2. The standard InChI is InChI=1S/C19H21N3O3S2/c23-18-19(26-17-10-3-2-9-16(17)21-18)20-14-7-6-8-15(13-14)27(24,25)22-11-4-1-5-12-22/h2-3,6-10,13,19-20H,1,4-5,11-12H2,(H,21,23). The fourth-order valence-corrected chi connectivity index (χ4v) is 5.88. The highest BCUT2D eigenvalue weighted by Gasteiger charge is 2.28. The first-order valence-electron chi connectivity index (χ1n) is 8.97. The fourth-order valence-electron chi connectivity index (χ4n) is 3.30. The van der Waals surface area contributed by atoms with Crippen molar-refractivity contribution in [1.29, 1.82) is 0 Å². The monoisotopic (exact) mass is 403 g/mol. The number of para-hydroxylation sites is 1. The smallest absolute Gasteiger partial charge is 0.257 e. The van der Waals surface area contributed by atoms with E-state index in [0.29, 0.717) is 18.8 Å². The van der Waals surface area contributed by atoms with Gasteiger partial charge in [-0.1, -0.05) is 36.4 Å². The summed E-state index contributed by atoms with van der Waals surface area (Å²) in [6.45, 7) is 1.13. The molecule has 0 spiro atoms. The number of fused-ring (bicyclic) bond motifs is 1. The van der Waals surface area contributed by atoms with E-state index in [1.54, 1.807) is 28.6 Å². The van der Waals surface area contributed by atoms with Crippen molar-refractivity contribution < 1.29 is 13.2 Å². The lowest BCUT2D eigenvalue weighted by atomic mass is 10.2. The van der Waals surface area contributed by atoms with Crippen LogP contribution in [-0.4, -0.2) is 37.1 Å². The molecule has 2 N–H and O–H groups in total. The van der Waals surface area contributed by atoms with Gasteiger partial charge in [-0.2, -0.15) is 4.31 Å². The second kappa shape index (κ2) is 7.53. The number of carbonyl (C=O) groups is 1. The number of piperidine rings is 1. The largest absolute Gasteiger partial charge is 0.365 e. The summed E-state index contributed by atoms with van der Waals surface area (Å²) in [6.07, 6.45) is 2.87. The summed E-state index contributed by atoms with van der Waals surface area (Å²) in [6, 6.07) is 14.3. The summed E-state index contributed by atoms with van der Waals surface area (Å²) >= 11 is 1.42. The third-order valence-electron chi connectivity index (χ3n) is 4.71. The molecule has 0 bridgehead atoms. The summed E-state index contributed by atoms with van der Waals surface area (Å²) in [5, 5.41) is 5.51. The van der Waals surface area contributed by atoms with E-state index in [2.05, 4.69) is 10.6 Å². The maximum atomic E-state index is 12.9. The molecule has 2 aliphatic heterocycles. The van der Waals surface area contributed by atoms with Gasteiger partial charge < -0.3 is 10.6 Å². The summed E-state index contributed by atoms with van der Waals surface area (Å²) < 4.78 is 27.3. The minimum atomic E-state index is -3.50. The number of carbonyl (C=O) groups excluding carboxylic acids is 1. The van der Waals surface area contributed by atoms with Gasteiger partial charge >= 0.3 is 0 Å². The van der Waals surface area contributed by atoms with Crippen molar-refractivity contribution >= 4 is 39.1 Å². The number of rotatable bonds is 4. The average molecular weight is 404 g/mol. The van der Waals surface area contributed by atoms with Gasteiger partial charge in [-0.15, -0.1) is 0 Å². The summed E-state index contributed by atoms with van der Waals surface area (Å²) in [5.74, 6) is -0.150. The van der Waals surface area contributed by atoms with Gasteiger partial charge in [-0.05, 0) is 43.2 Å². The van der Waals surface area contributed by atoms with Crippen molar-refractivity contribution in [3.63, 3.8) is 0 Å². The summed E-state index contributed by atoms with van der Waals surface area (Å²) in [5.41, 5.74) is 1.41.